The van der Waals surface area contributed by atoms with Crippen molar-refractivity contribution < 1.29 is 0 Å². The third-order valence-electron chi connectivity index (χ3n) is 3.19. The van der Waals surface area contributed by atoms with Crippen LogP contribution in [0.5, 0.6) is 0 Å². The molecule has 0 rings (SSSR count). The van der Waals surface area contributed by atoms with E-state index in [2.05, 4.69) is 39.0 Å². The minimum absolute atomic E-state index is 1.06. The average Bonchev–Trinajstić information content (AvgIpc) is 2.09. The fourth-order valence-electron chi connectivity index (χ4n) is 1.95. The second kappa shape index (κ2) is 5.54. The molecule has 2 heteroatoms. The van der Waals surface area contributed by atoms with Gasteiger partial charge in [-0.25, -0.2) is 0 Å². The standard InChI is InChI=1S/C10H23NSi/c1-6-10-11(5)12(7-2,8-3)9-4/h6H,1,7-10H2,2-5H3. The quantitative estimate of drug-likeness (QED) is 0.454. The van der Waals surface area contributed by atoms with Crippen molar-refractivity contribution in [1.29, 1.82) is 0 Å². The summed E-state index contributed by atoms with van der Waals surface area (Å²) >= 11 is 0. The summed E-state index contributed by atoms with van der Waals surface area (Å²) in [5.74, 6) is 0. The summed E-state index contributed by atoms with van der Waals surface area (Å²) in [6, 6.07) is 4.10. The Balaban J connectivity index is 4.34. The highest BCUT2D eigenvalue weighted by molar-refractivity contribution is 6.76. The first kappa shape index (κ1) is 11.9. The van der Waals surface area contributed by atoms with Gasteiger partial charge < -0.3 is 4.57 Å². The Bertz CT molecular complexity index is 122. The normalized spacial score (nSPS) is 12.1. The molecule has 0 heterocycles. The maximum atomic E-state index is 3.80. The lowest BCUT2D eigenvalue weighted by Crippen LogP contribution is -2.49. The number of hydrogen-bond acceptors (Lipinski definition) is 1. The van der Waals surface area contributed by atoms with Gasteiger partial charge in [-0.2, -0.15) is 0 Å². The van der Waals surface area contributed by atoms with Gasteiger partial charge in [-0.3, -0.25) is 0 Å². The average molecular weight is 185 g/mol. The summed E-state index contributed by atoms with van der Waals surface area (Å²) in [4.78, 5) is 0. The van der Waals surface area contributed by atoms with Gasteiger partial charge in [0.2, 0.25) is 0 Å². The van der Waals surface area contributed by atoms with E-state index in [4.69, 9.17) is 0 Å². The van der Waals surface area contributed by atoms with E-state index in [0.717, 1.165) is 6.54 Å². The smallest absolute Gasteiger partial charge is 0.127 e. The maximum Gasteiger partial charge on any atom is 0.127 e. The molecule has 12 heavy (non-hydrogen) atoms. The van der Waals surface area contributed by atoms with Crippen LogP contribution in [0.1, 0.15) is 20.8 Å². The molecule has 0 unspecified atom stereocenters. The van der Waals surface area contributed by atoms with Crippen LogP contribution in [-0.4, -0.2) is 26.4 Å². The molecule has 0 atom stereocenters. The van der Waals surface area contributed by atoms with Crippen LogP contribution < -0.4 is 0 Å². The van der Waals surface area contributed by atoms with Crippen LogP contribution in [-0.2, 0) is 0 Å². The Morgan fingerprint density at radius 2 is 1.58 bits per heavy atom. The Morgan fingerprint density at radius 1 is 1.17 bits per heavy atom. The van der Waals surface area contributed by atoms with Gasteiger partial charge >= 0.3 is 0 Å². The highest BCUT2D eigenvalue weighted by Crippen LogP contribution is 2.22. The molecule has 0 saturated heterocycles. The van der Waals surface area contributed by atoms with Crippen molar-refractivity contribution in [2.75, 3.05) is 13.6 Å². The minimum atomic E-state index is -1.08. The SMILES string of the molecule is C=CCN(C)[Si](CC)(CC)CC. The molecule has 0 aromatic carbocycles. The van der Waals surface area contributed by atoms with Gasteiger partial charge in [0.1, 0.15) is 8.24 Å². The summed E-state index contributed by atoms with van der Waals surface area (Å²) in [6.45, 7) is 11.9. The molecule has 0 bridgehead atoms. The van der Waals surface area contributed by atoms with Crippen LogP contribution in [0.2, 0.25) is 18.1 Å². The molecule has 0 fully saturated rings. The van der Waals surface area contributed by atoms with E-state index < -0.39 is 8.24 Å². The van der Waals surface area contributed by atoms with Crippen LogP contribution in [0.3, 0.4) is 0 Å². The van der Waals surface area contributed by atoms with E-state index in [9.17, 15) is 0 Å². The highest BCUT2D eigenvalue weighted by Gasteiger charge is 2.30. The molecule has 0 aliphatic rings. The zero-order valence-corrected chi connectivity index (χ0v) is 10.1. The van der Waals surface area contributed by atoms with Crippen molar-refractivity contribution in [3.8, 4) is 0 Å². The van der Waals surface area contributed by atoms with Crippen LogP contribution >= 0.6 is 0 Å². The molecule has 0 N–H and O–H groups in total. The lowest BCUT2D eigenvalue weighted by Gasteiger charge is -2.37. The van der Waals surface area contributed by atoms with Crippen LogP contribution in [0.15, 0.2) is 12.7 Å². The number of likely N-dealkylation sites (N-methyl/N-ethyl adjacent to an activating group) is 1. The molecule has 0 aromatic heterocycles. The van der Waals surface area contributed by atoms with Crippen LogP contribution in [0, 0.1) is 0 Å². The topological polar surface area (TPSA) is 3.24 Å². The van der Waals surface area contributed by atoms with Gasteiger partial charge in [0, 0.05) is 6.54 Å². The first-order valence-electron chi connectivity index (χ1n) is 4.99. The van der Waals surface area contributed by atoms with Gasteiger partial charge in [-0.1, -0.05) is 26.8 Å². The predicted octanol–water partition coefficient (Wildman–Crippen LogP) is 3.11. The highest BCUT2D eigenvalue weighted by atomic mass is 28.3. The summed E-state index contributed by atoms with van der Waals surface area (Å²) in [7, 11) is 1.17. The summed E-state index contributed by atoms with van der Waals surface area (Å²) in [5.41, 5.74) is 0. The number of nitrogens with zero attached hydrogens (tertiary/aromatic N) is 1. The third kappa shape index (κ3) is 2.46. The zero-order valence-electron chi connectivity index (χ0n) is 9.06. The Hall–Kier alpha value is -0.0831. The van der Waals surface area contributed by atoms with E-state index in [-0.39, 0.29) is 0 Å². The second-order valence-electron chi connectivity index (χ2n) is 3.45. The summed E-state index contributed by atoms with van der Waals surface area (Å²) in [5, 5.41) is 0. The lowest BCUT2D eigenvalue weighted by molar-refractivity contribution is 0.549. The third-order valence-corrected chi connectivity index (χ3v) is 8.94. The van der Waals surface area contributed by atoms with Crippen molar-refractivity contribution >= 4 is 8.24 Å². The van der Waals surface area contributed by atoms with Gasteiger partial charge in [-0.05, 0) is 25.2 Å². The number of rotatable bonds is 6. The molecule has 0 radical (unpaired) electrons. The first-order valence-corrected chi connectivity index (χ1v) is 7.55. The van der Waals surface area contributed by atoms with E-state index in [0.29, 0.717) is 0 Å². The van der Waals surface area contributed by atoms with Crippen molar-refractivity contribution in [3.05, 3.63) is 12.7 Å². The first-order chi connectivity index (χ1) is 5.66. The van der Waals surface area contributed by atoms with Gasteiger partial charge in [0.25, 0.3) is 0 Å². The molecular formula is C10H23NSi. The zero-order chi connectivity index (χ0) is 9.61. The Kier molecular flexibility index (Phi) is 5.50. The van der Waals surface area contributed by atoms with Crippen molar-refractivity contribution in [1.82, 2.24) is 4.57 Å². The largest absolute Gasteiger partial charge is 0.323 e. The number of hydrogen-bond donors (Lipinski definition) is 0. The molecule has 0 spiro atoms. The van der Waals surface area contributed by atoms with Crippen molar-refractivity contribution in [2.45, 2.75) is 38.9 Å². The van der Waals surface area contributed by atoms with Gasteiger partial charge in [0.15, 0.2) is 0 Å². The van der Waals surface area contributed by atoms with Crippen LogP contribution in [0.25, 0.3) is 0 Å². The molecule has 0 aliphatic carbocycles. The molecule has 0 aliphatic heterocycles. The summed E-state index contributed by atoms with van der Waals surface area (Å²) in [6.07, 6.45) is 2.02. The van der Waals surface area contributed by atoms with E-state index >= 15 is 0 Å². The summed E-state index contributed by atoms with van der Waals surface area (Å²) < 4.78 is 2.56. The minimum Gasteiger partial charge on any atom is -0.323 e. The lowest BCUT2D eigenvalue weighted by atomic mass is 10.6. The van der Waals surface area contributed by atoms with Crippen LogP contribution in [0.4, 0.5) is 0 Å². The molecule has 1 nitrogen and oxygen atoms in total. The molecule has 0 aromatic rings. The molecular weight excluding hydrogens is 162 g/mol. The fraction of sp³-hybridized carbons (Fsp3) is 0.800. The second-order valence-corrected chi connectivity index (χ2v) is 8.79. The molecule has 0 saturated carbocycles. The molecule has 72 valence electrons. The van der Waals surface area contributed by atoms with E-state index in [1.54, 1.807) is 0 Å². The van der Waals surface area contributed by atoms with E-state index in [1.807, 2.05) is 6.08 Å². The van der Waals surface area contributed by atoms with Crippen molar-refractivity contribution in [2.24, 2.45) is 0 Å². The van der Waals surface area contributed by atoms with E-state index in [1.165, 1.54) is 18.1 Å². The monoisotopic (exact) mass is 185 g/mol. The Morgan fingerprint density at radius 3 is 1.83 bits per heavy atom. The maximum absolute atomic E-state index is 3.80. The fourth-order valence-corrected chi connectivity index (χ4v) is 5.58. The predicted molar refractivity (Wildman–Crippen MR) is 60.0 cm³/mol. The van der Waals surface area contributed by atoms with Gasteiger partial charge in [0.05, 0.1) is 0 Å². The van der Waals surface area contributed by atoms with Crippen molar-refractivity contribution in [3.63, 3.8) is 0 Å². The van der Waals surface area contributed by atoms with Gasteiger partial charge in [-0.15, -0.1) is 6.58 Å². The molecule has 0 amide bonds. The Labute approximate surface area is 78.6 Å².